The highest BCUT2D eigenvalue weighted by Gasteiger charge is 2.53. The van der Waals surface area contributed by atoms with Crippen LogP contribution in [0.25, 0.3) is 0 Å². The number of phenols is 1. The van der Waals surface area contributed by atoms with Crippen LogP contribution in [0.15, 0.2) is 42.5 Å². The minimum Gasteiger partial charge on any atom is -0.507 e. The van der Waals surface area contributed by atoms with Gasteiger partial charge in [0.2, 0.25) is 0 Å². The third kappa shape index (κ3) is 7.33. The van der Waals surface area contributed by atoms with E-state index in [0.717, 1.165) is 29.5 Å². The van der Waals surface area contributed by atoms with Crippen LogP contribution < -0.4 is 0 Å². The van der Waals surface area contributed by atoms with Crippen molar-refractivity contribution in [3.8, 4) is 5.75 Å². The third-order valence-corrected chi connectivity index (χ3v) is 10.4. The topological polar surface area (TPSA) is 76.1 Å². The van der Waals surface area contributed by atoms with Gasteiger partial charge in [0.15, 0.2) is 0 Å². The summed E-state index contributed by atoms with van der Waals surface area (Å²) in [5, 5.41) is 11.1. The molecule has 0 radical (unpaired) electrons. The largest absolute Gasteiger partial charge is 0.507 e. The molecule has 1 N–H and O–H groups in total. The normalized spacial score (nSPS) is 25.4. The van der Waals surface area contributed by atoms with Gasteiger partial charge in [-0.05, 0) is 73.3 Å². The zero-order valence-electron chi connectivity index (χ0n) is 29.3. The number of hydrogen-bond acceptors (Lipinski definition) is 6. The maximum Gasteiger partial charge on any atom is 0.338 e. The molecule has 0 bridgehead atoms. The monoisotopic (exact) mass is 607 g/mol. The second-order valence-electron chi connectivity index (χ2n) is 15.4. The fourth-order valence-corrected chi connectivity index (χ4v) is 6.83. The van der Waals surface area contributed by atoms with Crippen molar-refractivity contribution in [2.24, 2.45) is 5.92 Å². The number of esters is 2. The minimum atomic E-state index is -0.477. The van der Waals surface area contributed by atoms with Crippen LogP contribution in [0.5, 0.6) is 5.75 Å². The van der Waals surface area contributed by atoms with Gasteiger partial charge in [0.1, 0.15) is 18.5 Å². The Labute approximate surface area is 266 Å². The highest BCUT2D eigenvalue weighted by molar-refractivity contribution is 5.89. The van der Waals surface area contributed by atoms with Gasteiger partial charge >= 0.3 is 11.9 Å². The number of carbonyl (C=O) groups is 2. The zero-order chi connectivity index (χ0) is 33.3. The van der Waals surface area contributed by atoms with Crippen LogP contribution in [0.1, 0.15) is 135 Å². The number of benzene rings is 2. The van der Waals surface area contributed by atoms with E-state index >= 15 is 0 Å². The predicted molar refractivity (Wildman–Crippen MR) is 178 cm³/mol. The molecule has 1 aliphatic rings. The van der Waals surface area contributed by atoms with E-state index < -0.39 is 5.92 Å². The van der Waals surface area contributed by atoms with Crippen molar-refractivity contribution < 1.29 is 24.2 Å². The summed E-state index contributed by atoms with van der Waals surface area (Å²) in [4.78, 5) is 29.0. The Morgan fingerprint density at radius 2 is 1.52 bits per heavy atom. The Morgan fingerprint density at radius 1 is 0.977 bits per heavy atom. The number of aromatic hydroxyl groups is 1. The second-order valence-corrected chi connectivity index (χ2v) is 15.4. The van der Waals surface area contributed by atoms with Gasteiger partial charge in [-0.2, -0.15) is 0 Å². The van der Waals surface area contributed by atoms with E-state index in [1.165, 1.54) is 0 Å². The van der Waals surface area contributed by atoms with Crippen molar-refractivity contribution in [1.29, 1.82) is 0 Å². The SMILES string of the molecule is CCC1(C)CC(OC(=O)c2ccccc2)C(C)C(C)(CC)N1CCOC(=O)C(C)c1cc(C(C)(C)C)c(O)c(C(C)(C)C)c1. The van der Waals surface area contributed by atoms with Gasteiger partial charge in [0, 0.05) is 30.0 Å². The molecule has 5 unspecified atom stereocenters. The molecule has 3 rings (SSSR count). The first-order valence-corrected chi connectivity index (χ1v) is 16.4. The average Bonchev–Trinajstić information content (AvgIpc) is 2.96. The molecule has 6 nitrogen and oxygen atoms in total. The van der Waals surface area contributed by atoms with Crippen molar-refractivity contribution in [3.63, 3.8) is 0 Å². The molecule has 44 heavy (non-hydrogen) atoms. The van der Waals surface area contributed by atoms with Crippen LogP contribution in [0.2, 0.25) is 0 Å². The molecule has 0 saturated carbocycles. The predicted octanol–water partition coefficient (Wildman–Crippen LogP) is 8.54. The molecule has 1 aliphatic heterocycles. The lowest BCUT2D eigenvalue weighted by Gasteiger charge is -2.60. The summed E-state index contributed by atoms with van der Waals surface area (Å²) in [6.07, 6.45) is 2.23. The van der Waals surface area contributed by atoms with Crippen molar-refractivity contribution in [2.45, 2.75) is 136 Å². The van der Waals surface area contributed by atoms with Crippen LogP contribution in [0, 0.1) is 5.92 Å². The molecule has 6 heteroatoms. The fraction of sp³-hybridized carbons (Fsp3) is 0.632. The minimum absolute atomic E-state index is 0.0815. The van der Waals surface area contributed by atoms with Gasteiger partial charge in [-0.25, -0.2) is 4.79 Å². The Balaban J connectivity index is 1.79. The Bertz CT molecular complexity index is 1270. The molecule has 244 valence electrons. The average molecular weight is 608 g/mol. The molecule has 1 saturated heterocycles. The lowest BCUT2D eigenvalue weighted by Crippen LogP contribution is -2.68. The van der Waals surface area contributed by atoms with Gasteiger partial charge in [0.25, 0.3) is 0 Å². The smallest absolute Gasteiger partial charge is 0.338 e. The lowest BCUT2D eigenvalue weighted by atomic mass is 9.68. The van der Waals surface area contributed by atoms with Crippen molar-refractivity contribution in [2.75, 3.05) is 13.2 Å². The van der Waals surface area contributed by atoms with E-state index in [4.69, 9.17) is 9.47 Å². The first-order valence-electron chi connectivity index (χ1n) is 16.4. The fourth-order valence-electron chi connectivity index (χ4n) is 6.83. The molecule has 0 amide bonds. The maximum atomic E-state index is 13.5. The highest BCUT2D eigenvalue weighted by atomic mass is 16.5. The standard InChI is InChI=1S/C38H57NO5/c1-13-37(11)24-31(44-34(42)27-18-16-15-17-19-27)26(4)38(12,14-2)39(37)20-21-43-33(41)25(3)28-22-29(35(5,6)7)32(40)30(23-28)36(8,9)10/h15-19,22-23,25-26,31,40H,13-14,20-21,24H2,1-12H3. The Hall–Kier alpha value is -2.86. The lowest BCUT2D eigenvalue weighted by molar-refractivity contribution is -0.157. The van der Waals surface area contributed by atoms with Gasteiger partial charge < -0.3 is 14.6 Å². The maximum absolute atomic E-state index is 13.5. The number of rotatable bonds is 9. The van der Waals surface area contributed by atoms with E-state index in [0.29, 0.717) is 24.3 Å². The van der Waals surface area contributed by atoms with Crippen LogP contribution in [-0.2, 0) is 25.1 Å². The van der Waals surface area contributed by atoms with Crippen LogP contribution in [0.4, 0.5) is 0 Å². The molecule has 0 aliphatic carbocycles. The highest BCUT2D eigenvalue weighted by Crippen LogP contribution is 2.47. The quantitative estimate of drug-likeness (QED) is 0.288. The number of carbonyl (C=O) groups excluding carboxylic acids is 2. The van der Waals surface area contributed by atoms with Crippen molar-refractivity contribution >= 4 is 11.9 Å². The number of likely N-dealkylation sites (tertiary alicyclic amines) is 1. The Kier molecular flexibility index (Phi) is 10.7. The van der Waals surface area contributed by atoms with Crippen molar-refractivity contribution in [1.82, 2.24) is 4.90 Å². The van der Waals surface area contributed by atoms with Crippen LogP contribution >= 0.6 is 0 Å². The molecule has 1 heterocycles. The number of hydrogen-bond donors (Lipinski definition) is 1. The van der Waals surface area contributed by atoms with E-state index in [1.54, 1.807) is 12.1 Å². The summed E-state index contributed by atoms with van der Waals surface area (Å²) in [5.41, 5.74) is 2.03. The summed E-state index contributed by atoms with van der Waals surface area (Å²) in [5.74, 6) is -0.646. The van der Waals surface area contributed by atoms with Gasteiger partial charge in [0.05, 0.1) is 11.5 Å². The molecular weight excluding hydrogens is 550 g/mol. The molecule has 2 aromatic rings. The zero-order valence-corrected chi connectivity index (χ0v) is 29.3. The van der Waals surface area contributed by atoms with Crippen LogP contribution in [0.3, 0.4) is 0 Å². The van der Waals surface area contributed by atoms with Crippen molar-refractivity contribution in [3.05, 3.63) is 64.7 Å². The van der Waals surface area contributed by atoms with Gasteiger partial charge in [-0.1, -0.05) is 92.6 Å². The summed E-state index contributed by atoms with van der Waals surface area (Å²) in [6.45, 7) is 26.2. The summed E-state index contributed by atoms with van der Waals surface area (Å²) in [7, 11) is 0. The number of ether oxygens (including phenoxy) is 2. The summed E-state index contributed by atoms with van der Waals surface area (Å²) in [6, 6.07) is 13.1. The molecule has 0 aromatic heterocycles. The second kappa shape index (κ2) is 13.2. The molecule has 0 spiro atoms. The molecule has 2 aromatic carbocycles. The van der Waals surface area contributed by atoms with E-state index in [-0.39, 0.29) is 52.5 Å². The first kappa shape index (κ1) is 35.6. The van der Waals surface area contributed by atoms with E-state index in [9.17, 15) is 14.7 Å². The first-order chi connectivity index (χ1) is 20.3. The number of nitrogens with zero attached hydrogens (tertiary/aromatic N) is 1. The number of phenolic OH excluding ortho intramolecular Hbond substituents is 1. The van der Waals surface area contributed by atoms with E-state index in [1.807, 2.05) is 37.3 Å². The summed E-state index contributed by atoms with van der Waals surface area (Å²) >= 11 is 0. The third-order valence-electron chi connectivity index (χ3n) is 10.4. The summed E-state index contributed by atoms with van der Waals surface area (Å²) < 4.78 is 12.1. The molecule has 5 atom stereocenters. The van der Waals surface area contributed by atoms with Crippen LogP contribution in [-0.4, -0.2) is 52.3 Å². The van der Waals surface area contributed by atoms with Gasteiger partial charge in [-0.15, -0.1) is 0 Å². The Morgan fingerprint density at radius 3 is 2.00 bits per heavy atom. The van der Waals surface area contributed by atoms with Gasteiger partial charge in [-0.3, -0.25) is 9.69 Å². The number of piperidine rings is 1. The molecule has 1 fully saturated rings. The molecular formula is C38H57NO5. The van der Waals surface area contributed by atoms with E-state index in [2.05, 4.69) is 81.1 Å².